The summed E-state index contributed by atoms with van der Waals surface area (Å²) in [6, 6.07) is 1.48. The minimum atomic E-state index is -0.268. The largest absolute Gasteiger partial charge is 0.383 e. The van der Waals surface area contributed by atoms with Gasteiger partial charge in [-0.15, -0.1) is 0 Å². The van der Waals surface area contributed by atoms with E-state index in [1.54, 1.807) is 27.2 Å². The molecule has 0 bridgehead atoms. The maximum absolute atomic E-state index is 11.9. The van der Waals surface area contributed by atoms with Crippen molar-refractivity contribution < 1.29 is 9.53 Å². The lowest BCUT2D eigenvalue weighted by molar-refractivity contribution is -0.122. The number of carbonyl (C=O) groups excluding carboxylic acids is 1. The molecule has 0 aliphatic rings. The summed E-state index contributed by atoms with van der Waals surface area (Å²) in [7, 11) is 3.49. The molecule has 0 radical (unpaired) electrons. The van der Waals surface area contributed by atoms with Crippen LogP contribution in [0.15, 0.2) is 17.1 Å². The van der Waals surface area contributed by atoms with Gasteiger partial charge in [0, 0.05) is 32.7 Å². The molecule has 0 saturated heterocycles. The normalized spacial score (nSPS) is 10.8. The van der Waals surface area contributed by atoms with Crippen molar-refractivity contribution in [1.82, 2.24) is 9.78 Å². The van der Waals surface area contributed by atoms with E-state index in [9.17, 15) is 9.59 Å². The number of carbonyl (C=O) groups is 1. The lowest BCUT2D eigenvalue weighted by atomic mass is 10.1. The molecule has 0 aromatic carbocycles. The topological polar surface area (TPSA) is 64.4 Å². The third-order valence-corrected chi connectivity index (χ3v) is 2.88. The van der Waals surface area contributed by atoms with Crippen LogP contribution in [0.25, 0.3) is 0 Å². The van der Waals surface area contributed by atoms with Crippen LogP contribution in [-0.4, -0.2) is 42.9 Å². The fourth-order valence-electron chi connectivity index (χ4n) is 1.44. The molecule has 0 saturated carbocycles. The molecule has 106 valence electrons. The summed E-state index contributed by atoms with van der Waals surface area (Å²) in [5.41, 5.74) is 0.450. The first-order valence-electron chi connectivity index (χ1n) is 6.25. The van der Waals surface area contributed by atoms with Crippen LogP contribution >= 0.6 is 0 Å². The van der Waals surface area contributed by atoms with Gasteiger partial charge < -0.3 is 9.64 Å². The van der Waals surface area contributed by atoms with E-state index in [4.69, 9.17) is 4.74 Å². The summed E-state index contributed by atoms with van der Waals surface area (Å²) in [5.74, 6) is -0.104. The van der Waals surface area contributed by atoms with Crippen LogP contribution in [0, 0.1) is 5.92 Å². The third kappa shape index (κ3) is 4.48. The van der Waals surface area contributed by atoms with Gasteiger partial charge in [0.25, 0.3) is 5.56 Å². The van der Waals surface area contributed by atoms with Gasteiger partial charge in [0.2, 0.25) is 0 Å². The van der Waals surface area contributed by atoms with Crippen LogP contribution in [0.3, 0.4) is 0 Å². The molecule has 0 spiro atoms. The zero-order valence-electron chi connectivity index (χ0n) is 11.9. The van der Waals surface area contributed by atoms with Crippen LogP contribution in [0.4, 0.5) is 5.69 Å². The lowest BCUT2D eigenvalue weighted by Gasteiger charge is -2.18. The highest BCUT2D eigenvalue weighted by Gasteiger charge is 2.11. The smallest absolute Gasteiger partial charge is 0.269 e. The van der Waals surface area contributed by atoms with Crippen molar-refractivity contribution in [3.63, 3.8) is 0 Å². The van der Waals surface area contributed by atoms with Gasteiger partial charge in [-0.05, 0) is 0 Å². The van der Waals surface area contributed by atoms with Gasteiger partial charge in [-0.3, -0.25) is 9.59 Å². The van der Waals surface area contributed by atoms with Crippen LogP contribution in [0.2, 0.25) is 0 Å². The average molecular weight is 267 g/mol. The predicted octanol–water partition coefficient (Wildman–Crippen LogP) is 0.551. The number of ketones is 1. The standard InChI is InChI=1S/C13H21N3O3/c1-10(2)12(17)9-16-13(18)7-11(8-14-16)15(3)5-6-19-4/h7-8,10H,5-6,9H2,1-4H3. The molecule has 0 N–H and O–H groups in total. The van der Waals surface area contributed by atoms with Gasteiger partial charge in [-0.1, -0.05) is 13.8 Å². The Balaban J connectivity index is 2.80. The number of hydrogen-bond donors (Lipinski definition) is 0. The minimum Gasteiger partial charge on any atom is -0.383 e. The summed E-state index contributed by atoms with van der Waals surface area (Å²) in [6.45, 7) is 4.89. The molecule has 0 amide bonds. The van der Waals surface area contributed by atoms with Crippen LogP contribution in [0.1, 0.15) is 13.8 Å². The van der Waals surface area contributed by atoms with Crippen molar-refractivity contribution in [3.8, 4) is 0 Å². The molecule has 6 nitrogen and oxygen atoms in total. The highest BCUT2D eigenvalue weighted by atomic mass is 16.5. The first-order valence-corrected chi connectivity index (χ1v) is 6.25. The molecule has 1 heterocycles. The molecule has 0 aliphatic carbocycles. The van der Waals surface area contributed by atoms with Crippen LogP contribution in [0.5, 0.6) is 0 Å². The fraction of sp³-hybridized carbons (Fsp3) is 0.615. The third-order valence-electron chi connectivity index (χ3n) is 2.88. The van der Waals surface area contributed by atoms with E-state index in [1.807, 2.05) is 11.9 Å². The number of methoxy groups -OCH3 is 1. The van der Waals surface area contributed by atoms with E-state index in [-0.39, 0.29) is 23.8 Å². The zero-order valence-corrected chi connectivity index (χ0v) is 11.9. The van der Waals surface area contributed by atoms with E-state index in [2.05, 4.69) is 5.10 Å². The predicted molar refractivity (Wildman–Crippen MR) is 73.5 cm³/mol. The van der Waals surface area contributed by atoms with Crippen LogP contribution < -0.4 is 10.5 Å². The Bertz CT molecular complexity index is 482. The van der Waals surface area contributed by atoms with E-state index in [0.29, 0.717) is 13.2 Å². The maximum Gasteiger partial charge on any atom is 0.269 e. The Hall–Kier alpha value is -1.69. The number of ether oxygens (including phenoxy) is 1. The van der Waals surface area contributed by atoms with E-state index in [0.717, 1.165) is 5.69 Å². The van der Waals surface area contributed by atoms with E-state index >= 15 is 0 Å². The number of anilines is 1. The van der Waals surface area contributed by atoms with E-state index in [1.165, 1.54) is 10.7 Å². The molecule has 1 aromatic heterocycles. The van der Waals surface area contributed by atoms with Gasteiger partial charge >= 0.3 is 0 Å². The highest BCUT2D eigenvalue weighted by molar-refractivity contribution is 5.79. The maximum atomic E-state index is 11.9. The van der Waals surface area contributed by atoms with Gasteiger partial charge in [-0.25, -0.2) is 4.68 Å². The van der Waals surface area contributed by atoms with Crippen molar-refractivity contribution in [2.75, 3.05) is 32.2 Å². The molecule has 1 rings (SSSR count). The Morgan fingerprint density at radius 3 is 2.74 bits per heavy atom. The van der Waals surface area contributed by atoms with E-state index < -0.39 is 0 Å². The molecule has 1 aromatic rings. The Morgan fingerprint density at radius 1 is 1.53 bits per heavy atom. The molecule has 6 heteroatoms. The number of Topliss-reactive ketones (excluding diaryl/α,β-unsaturated/α-hetero) is 1. The van der Waals surface area contributed by atoms with Crippen molar-refractivity contribution in [1.29, 1.82) is 0 Å². The summed E-state index contributed by atoms with van der Waals surface area (Å²) in [6.07, 6.45) is 1.59. The van der Waals surface area contributed by atoms with Gasteiger partial charge in [0.05, 0.1) is 18.5 Å². The first-order chi connectivity index (χ1) is 8.95. The second-order valence-corrected chi connectivity index (χ2v) is 4.75. The Kier molecular flexibility index (Phi) is 5.69. The molecule has 0 atom stereocenters. The monoisotopic (exact) mass is 267 g/mol. The van der Waals surface area contributed by atoms with Crippen molar-refractivity contribution in [2.24, 2.45) is 5.92 Å². The number of likely N-dealkylation sites (N-methyl/N-ethyl adjacent to an activating group) is 1. The number of rotatable bonds is 7. The highest BCUT2D eigenvalue weighted by Crippen LogP contribution is 2.06. The quantitative estimate of drug-likeness (QED) is 0.722. The molecular formula is C13H21N3O3. The lowest BCUT2D eigenvalue weighted by Crippen LogP contribution is -2.30. The summed E-state index contributed by atoms with van der Waals surface area (Å²) in [4.78, 5) is 25.3. The van der Waals surface area contributed by atoms with Gasteiger partial charge in [0.15, 0.2) is 5.78 Å². The molecule has 0 fully saturated rings. The Morgan fingerprint density at radius 2 is 2.21 bits per heavy atom. The van der Waals surface area contributed by atoms with Crippen molar-refractivity contribution in [3.05, 3.63) is 22.6 Å². The second kappa shape index (κ2) is 7.04. The average Bonchev–Trinajstić information content (AvgIpc) is 2.37. The number of nitrogens with zero attached hydrogens (tertiary/aromatic N) is 3. The first kappa shape index (κ1) is 15.4. The second-order valence-electron chi connectivity index (χ2n) is 4.75. The van der Waals surface area contributed by atoms with Crippen molar-refractivity contribution in [2.45, 2.75) is 20.4 Å². The number of aromatic nitrogens is 2. The van der Waals surface area contributed by atoms with Crippen molar-refractivity contribution >= 4 is 11.5 Å². The Labute approximate surface area is 113 Å². The summed E-state index contributed by atoms with van der Waals surface area (Å²) >= 11 is 0. The van der Waals surface area contributed by atoms with Gasteiger partial charge in [-0.2, -0.15) is 5.10 Å². The molecular weight excluding hydrogens is 246 g/mol. The molecule has 0 unspecified atom stereocenters. The zero-order chi connectivity index (χ0) is 14.4. The fourth-order valence-corrected chi connectivity index (χ4v) is 1.44. The molecule has 0 aliphatic heterocycles. The molecule has 19 heavy (non-hydrogen) atoms. The minimum absolute atomic E-state index is 0.00455. The number of hydrogen-bond acceptors (Lipinski definition) is 5. The summed E-state index contributed by atoms with van der Waals surface area (Å²) in [5, 5.41) is 4.03. The van der Waals surface area contributed by atoms with Crippen LogP contribution in [-0.2, 0) is 16.1 Å². The SMILES string of the molecule is COCCN(C)c1cnn(CC(=O)C(C)C)c(=O)c1. The summed E-state index contributed by atoms with van der Waals surface area (Å²) < 4.78 is 6.17. The van der Waals surface area contributed by atoms with Gasteiger partial charge in [0.1, 0.15) is 6.54 Å².